The fourth-order valence-electron chi connectivity index (χ4n) is 8.73. The van der Waals surface area contributed by atoms with Gasteiger partial charge in [0.05, 0.1) is 0 Å². The number of hydrogen-bond donors (Lipinski definition) is 0. The lowest BCUT2D eigenvalue weighted by molar-refractivity contribution is -0.167. The molecule has 0 rings (SSSR count). The third kappa shape index (κ3) is 62.5. The molecule has 1 atom stereocenters. The summed E-state index contributed by atoms with van der Waals surface area (Å²) in [6.07, 6.45) is 89.1. The SMILES string of the molecule is CC/C=C\C/C=C\C/C=C\C/C=C\C/C=C\C/C=C\CCCCCCC(=O)OCC(COC(=O)CCCCCC/C=C\C/C=C\C/C=C\C/C=C\CC)OC(=O)CCCCCCCCCCCCCCCCCCCCC. The molecule has 0 N–H and O–H groups in total. The van der Waals surface area contributed by atoms with E-state index in [9.17, 15) is 14.4 Å². The highest BCUT2D eigenvalue weighted by Gasteiger charge is 2.19. The van der Waals surface area contributed by atoms with Crippen LogP contribution in [0.1, 0.15) is 290 Å². The van der Waals surface area contributed by atoms with Gasteiger partial charge in [0.25, 0.3) is 0 Å². The summed E-state index contributed by atoms with van der Waals surface area (Å²) in [5.41, 5.74) is 0. The fourth-order valence-corrected chi connectivity index (χ4v) is 8.73. The van der Waals surface area contributed by atoms with Crippen molar-refractivity contribution in [3.63, 3.8) is 0 Å². The molecule has 0 aromatic carbocycles. The van der Waals surface area contributed by atoms with E-state index in [1.54, 1.807) is 0 Å². The van der Waals surface area contributed by atoms with Gasteiger partial charge < -0.3 is 14.2 Å². The molecule has 0 spiro atoms. The number of ether oxygens (including phenoxy) is 3. The maximum Gasteiger partial charge on any atom is 0.306 e. The van der Waals surface area contributed by atoms with E-state index < -0.39 is 6.10 Å². The molecule has 0 aliphatic heterocycles. The van der Waals surface area contributed by atoms with Crippen molar-refractivity contribution < 1.29 is 28.6 Å². The lowest BCUT2D eigenvalue weighted by atomic mass is 10.0. The average Bonchev–Trinajstić information content (AvgIpc) is 3.43. The first-order chi connectivity index (χ1) is 38.0. The van der Waals surface area contributed by atoms with Crippen LogP contribution < -0.4 is 0 Å². The predicted octanol–water partition coefficient (Wildman–Crippen LogP) is 22.0. The Bertz CT molecular complexity index is 1600. The Morgan fingerprint density at radius 2 is 0.506 bits per heavy atom. The van der Waals surface area contributed by atoms with E-state index in [2.05, 4.69) is 142 Å². The first kappa shape index (κ1) is 72.8. The van der Waals surface area contributed by atoms with Crippen LogP contribution in [-0.2, 0) is 28.6 Å². The van der Waals surface area contributed by atoms with E-state index in [-0.39, 0.29) is 31.1 Å². The number of carbonyl (C=O) groups is 3. The smallest absolute Gasteiger partial charge is 0.306 e. The van der Waals surface area contributed by atoms with Crippen molar-refractivity contribution in [3.8, 4) is 0 Å². The maximum atomic E-state index is 12.9. The van der Waals surface area contributed by atoms with E-state index >= 15 is 0 Å². The number of unbranched alkanes of at least 4 members (excludes halogenated alkanes) is 26. The van der Waals surface area contributed by atoms with Gasteiger partial charge in [-0.1, -0.05) is 284 Å². The molecule has 0 saturated carbocycles. The van der Waals surface area contributed by atoms with E-state index in [0.29, 0.717) is 19.3 Å². The third-order valence-electron chi connectivity index (χ3n) is 13.5. The molecule has 0 aliphatic rings. The van der Waals surface area contributed by atoms with Crippen LogP contribution in [0.3, 0.4) is 0 Å². The Morgan fingerprint density at radius 1 is 0.273 bits per heavy atom. The van der Waals surface area contributed by atoms with E-state index in [0.717, 1.165) is 148 Å². The van der Waals surface area contributed by atoms with Crippen molar-refractivity contribution in [1.82, 2.24) is 0 Å². The van der Waals surface area contributed by atoms with Crippen molar-refractivity contribution in [2.45, 2.75) is 297 Å². The van der Waals surface area contributed by atoms with Gasteiger partial charge in [0.15, 0.2) is 6.10 Å². The van der Waals surface area contributed by atoms with Gasteiger partial charge in [-0.15, -0.1) is 0 Å². The first-order valence-corrected chi connectivity index (χ1v) is 32.0. The molecule has 0 aromatic rings. The third-order valence-corrected chi connectivity index (χ3v) is 13.5. The Kier molecular flexibility index (Phi) is 60.8. The van der Waals surface area contributed by atoms with Crippen LogP contribution in [-0.4, -0.2) is 37.2 Å². The minimum Gasteiger partial charge on any atom is -0.462 e. The molecular formula is C71H118O6. The van der Waals surface area contributed by atoms with Crippen molar-refractivity contribution in [3.05, 3.63) is 122 Å². The van der Waals surface area contributed by atoms with Crippen molar-refractivity contribution in [2.24, 2.45) is 0 Å². The number of allylic oxidation sites excluding steroid dienone is 20. The zero-order valence-corrected chi connectivity index (χ0v) is 50.2. The molecule has 0 heterocycles. The highest BCUT2D eigenvalue weighted by Crippen LogP contribution is 2.16. The minimum absolute atomic E-state index is 0.0997. The van der Waals surface area contributed by atoms with Gasteiger partial charge in [-0.25, -0.2) is 0 Å². The summed E-state index contributed by atoms with van der Waals surface area (Å²) in [4.78, 5) is 38.4. The van der Waals surface area contributed by atoms with Crippen molar-refractivity contribution in [2.75, 3.05) is 13.2 Å². The monoisotopic (exact) mass is 1070 g/mol. The Morgan fingerprint density at radius 3 is 0.792 bits per heavy atom. The predicted molar refractivity (Wildman–Crippen MR) is 334 cm³/mol. The lowest BCUT2D eigenvalue weighted by Gasteiger charge is -2.18. The number of carbonyl (C=O) groups excluding carboxylic acids is 3. The Hall–Kier alpha value is -4.19. The summed E-state index contributed by atoms with van der Waals surface area (Å²) in [5.74, 6) is -0.938. The molecule has 77 heavy (non-hydrogen) atoms. The quantitative estimate of drug-likeness (QED) is 0.0261. The van der Waals surface area contributed by atoms with Gasteiger partial charge in [-0.05, 0) is 109 Å². The summed E-state index contributed by atoms with van der Waals surface area (Å²) in [6.45, 7) is 6.40. The molecule has 0 bridgehead atoms. The second kappa shape index (κ2) is 64.3. The van der Waals surface area contributed by atoms with Crippen LogP contribution >= 0.6 is 0 Å². The molecular weight excluding hydrogens is 949 g/mol. The number of esters is 3. The molecule has 438 valence electrons. The average molecular weight is 1070 g/mol. The number of rotatable bonds is 57. The van der Waals surface area contributed by atoms with Gasteiger partial charge in [0.1, 0.15) is 13.2 Å². The van der Waals surface area contributed by atoms with E-state index in [4.69, 9.17) is 14.2 Å². The largest absolute Gasteiger partial charge is 0.462 e. The number of hydrogen-bond acceptors (Lipinski definition) is 6. The Labute approximate surface area is 475 Å². The maximum absolute atomic E-state index is 12.9. The zero-order chi connectivity index (χ0) is 55.7. The molecule has 0 aliphatic carbocycles. The second-order valence-electron chi connectivity index (χ2n) is 20.9. The van der Waals surface area contributed by atoms with Crippen LogP contribution in [0.4, 0.5) is 0 Å². The van der Waals surface area contributed by atoms with Crippen molar-refractivity contribution >= 4 is 17.9 Å². The highest BCUT2D eigenvalue weighted by molar-refractivity contribution is 5.71. The molecule has 0 fully saturated rings. The summed E-state index contributed by atoms with van der Waals surface area (Å²) in [6, 6.07) is 0. The zero-order valence-electron chi connectivity index (χ0n) is 50.2. The van der Waals surface area contributed by atoms with Crippen LogP contribution in [0, 0.1) is 0 Å². The summed E-state index contributed by atoms with van der Waals surface area (Å²) < 4.78 is 16.9. The standard InChI is InChI=1S/C71H118O6/c1-4-7-10-13-16-19-22-25-28-31-33-34-35-36-38-40-43-46-49-52-55-58-61-64-70(73)76-67-68(66-75-69(72)63-60-57-54-51-48-45-42-39-30-27-24-21-18-15-12-9-6-3)77-71(74)65-62-59-56-53-50-47-44-41-37-32-29-26-23-20-17-14-11-8-5-2/h7,9-10,12,16,18-19,21,25,27-28,30,33-34,36,38,42-43,45-46,68H,4-6,8,11,13-15,17,20,22-24,26,29,31-32,35,37,39-41,44,47-67H2,1-3H3/b10-7-,12-9-,19-16-,21-18-,28-25-,30-27-,34-33-,38-36-,45-42-,46-43-. The Balaban J connectivity index is 4.47. The molecule has 6 nitrogen and oxygen atoms in total. The molecule has 0 saturated heterocycles. The molecule has 0 radical (unpaired) electrons. The molecule has 1 unspecified atom stereocenters. The van der Waals surface area contributed by atoms with Crippen molar-refractivity contribution in [1.29, 1.82) is 0 Å². The van der Waals surface area contributed by atoms with Gasteiger partial charge in [0.2, 0.25) is 0 Å². The van der Waals surface area contributed by atoms with Gasteiger partial charge >= 0.3 is 17.9 Å². The normalized spacial score (nSPS) is 12.9. The van der Waals surface area contributed by atoms with Crippen LogP contribution in [0.15, 0.2) is 122 Å². The lowest BCUT2D eigenvalue weighted by Crippen LogP contribution is -2.30. The topological polar surface area (TPSA) is 78.9 Å². The summed E-state index contributed by atoms with van der Waals surface area (Å²) in [5, 5.41) is 0. The summed E-state index contributed by atoms with van der Waals surface area (Å²) >= 11 is 0. The minimum atomic E-state index is -0.803. The van der Waals surface area contributed by atoms with Gasteiger partial charge in [-0.2, -0.15) is 0 Å². The molecule has 0 aromatic heterocycles. The highest BCUT2D eigenvalue weighted by atomic mass is 16.6. The first-order valence-electron chi connectivity index (χ1n) is 32.0. The van der Waals surface area contributed by atoms with E-state index in [1.807, 2.05) is 0 Å². The van der Waals surface area contributed by atoms with Crippen LogP contribution in [0.2, 0.25) is 0 Å². The van der Waals surface area contributed by atoms with Gasteiger partial charge in [-0.3, -0.25) is 14.4 Å². The fraction of sp³-hybridized carbons (Fsp3) is 0.676. The second-order valence-corrected chi connectivity index (χ2v) is 20.9. The molecule has 0 amide bonds. The molecule has 6 heteroatoms. The van der Waals surface area contributed by atoms with Crippen LogP contribution in [0.5, 0.6) is 0 Å². The van der Waals surface area contributed by atoms with Crippen LogP contribution in [0.25, 0.3) is 0 Å². The van der Waals surface area contributed by atoms with E-state index in [1.165, 1.54) is 103 Å². The van der Waals surface area contributed by atoms with Gasteiger partial charge in [0, 0.05) is 19.3 Å². The summed E-state index contributed by atoms with van der Waals surface area (Å²) in [7, 11) is 0.